The summed E-state index contributed by atoms with van der Waals surface area (Å²) < 4.78 is 5.75. The highest BCUT2D eigenvalue weighted by Gasteiger charge is 2.20. The molecule has 2 aromatic rings. The molecule has 0 saturated carbocycles. The van der Waals surface area contributed by atoms with E-state index in [0.717, 1.165) is 0 Å². The molecular weight excluding hydrogens is 310 g/mol. The average molecular weight is 332 g/mol. The van der Waals surface area contributed by atoms with Crippen molar-refractivity contribution in [2.24, 2.45) is 0 Å². The molecule has 0 fully saturated rings. The van der Waals surface area contributed by atoms with Crippen LogP contribution in [0.5, 0.6) is 5.75 Å². The van der Waals surface area contributed by atoms with E-state index in [2.05, 4.69) is 24.4 Å². The van der Waals surface area contributed by atoms with Crippen LogP contribution < -0.4 is 10.1 Å². The van der Waals surface area contributed by atoms with Crippen molar-refractivity contribution in [3.63, 3.8) is 0 Å². The van der Waals surface area contributed by atoms with Crippen molar-refractivity contribution < 1.29 is 9.53 Å². The Morgan fingerprint density at radius 1 is 1.13 bits per heavy atom. The summed E-state index contributed by atoms with van der Waals surface area (Å²) in [4.78, 5) is 12.3. The van der Waals surface area contributed by atoms with E-state index < -0.39 is 6.10 Å². The molecule has 2 unspecified atom stereocenters. The highest BCUT2D eigenvalue weighted by Crippen LogP contribution is 2.25. The summed E-state index contributed by atoms with van der Waals surface area (Å²) >= 11 is 6.08. The molecule has 0 spiro atoms. The van der Waals surface area contributed by atoms with Gasteiger partial charge in [0.05, 0.1) is 5.02 Å². The van der Waals surface area contributed by atoms with E-state index in [1.54, 1.807) is 12.1 Å². The molecule has 0 heterocycles. The SMILES string of the molecule is CCC(Oc1ccccc1Cl)C(=O)NCC(C)c1ccccc1. The first-order valence-electron chi connectivity index (χ1n) is 7.85. The number of nitrogens with one attached hydrogen (secondary N) is 1. The number of ether oxygens (including phenoxy) is 1. The van der Waals surface area contributed by atoms with Crippen LogP contribution in [0.3, 0.4) is 0 Å². The van der Waals surface area contributed by atoms with Gasteiger partial charge in [0.15, 0.2) is 6.10 Å². The smallest absolute Gasteiger partial charge is 0.261 e. The fourth-order valence-electron chi connectivity index (χ4n) is 2.28. The molecule has 1 N–H and O–H groups in total. The van der Waals surface area contributed by atoms with Gasteiger partial charge in [0.1, 0.15) is 5.75 Å². The fourth-order valence-corrected chi connectivity index (χ4v) is 2.46. The zero-order valence-electron chi connectivity index (χ0n) is 13.5. The van der Waals surface area contributed by atoms with Gasteiger partial charge in [0.2, 0.25) is 0 Å². The quantitative estimate of drug-likeness (QED) is 0.815. The first-order valence-corrected chi connectivity index (χ1v) is 8.23. The van der Waals surface area contributed by atoms with Crippen LogP contribution in [0, 0.1) is 0 Å². The minimum atomic E-state index is -0.544. The molecule has 0 radical (unpaired) electrons. The van der Waals surface area contributed by atoms with Crippen LogP contribution in [-0.2, 0) is 4.79 Å². The molecule has 4 heteroatoms. The van der Waals surface area contributed by atoms with E-state index in [9.17, 15) is 4.79 Å². The molecule has 0 aromatic heterocycles. The second kappa shape index (κ2) is 8.59. The van der Waals surface area contributed by atoms with Crippen molar-refractivity contribution in [2.75, 3.05) is 6.54 Å². The molecule has 2 rings (SSSR count). The lowest BCUT2D eigenvalue weighted by Crippen LogP contribution is -2.39. The van der Waals surface area contributed by atoms with E-state index in [0.29, 0.717) is 23.7 Å². The summed E-state index contributed by atoms with van der Waals surface area (Å²) in [6, 6.07) is 17.3. The first kappa shape index (κ1) is 17.4. The van der Waals surface area contributed by atoms with Gasteiger partial charge in [-0.25, -0.2) is 0 Å². The van der Waals surface area contributed by atoms with Gasteiger partial charge in [-0.1, -0.05) is 67.9 Å². The lowest BCUT2D eigenvalue weighted by atomic mass is 10.0. The summed E-state index contributed by atoms with van der Waals surface area (Å²) in [6.07, 6.45) is 0.0365. The number of carbonyl (C=O) groups excluding carboxylic acids is 1. The molecule has 0 bridgehead atoms. The highest BCUT2D eigenvalue weighted by atomic mass is 35.5. The zero-order valence-corrected chi connectivity index (χ0v) is 14.2. The third-order valence-electron chi connectivity index (χ3n) is 3.72. The maximum Gasteiger partial charge on any atom is 0.261 e. The van der Waals surface area contributed by atoms with Crippen LogP contribution in [-0.4, -0.2) is 18.6 Å². The van der Waals surface area contributed by atoms with Gasteiger partial charge < -0.3 is 10.1 Å². The number of hydrogen-bond donors (Lipinski definition) is 1. The predicted octanol–water partition coefficient (Wildman–Crippen LogP) is 4.42. The third-order valence-corrected chi connectivity index (χ3v) is 4.03. The molecule has 0 aliphatic heterocycles. The van der Waals surface area contributed by atoms with Gasteiger partial charge in [0.25, 0.3) is 5.91 Å². The number of carbonyl (C=O) groups is 1. The molecule has 23 heavy (non-hydrogen) atoms. The summed E-state index contributed by atoms with van der Waals surface area (Å²) in [5.74, 6) is 0.667. The van der Waals surface area contributed by atoms with Crippen molar-refractivity contribution in [3.05, 3.63) is 65.2 Å². The minimum absolute atomic E-state index is 0.116. The van der Waals surface area contributed by atoms with Crippen LogP contribution in [0.4, 0.5) is 0 Å². The van der Waals surface area contributed by atoms with Crippen LogP contribution in [0.25, 0.3) is 0 Å². The summed E-state index contributed by atoms with van der Waals surface area (Å²) in [7, 11) is 0. The zero-order chi connectivity index (χ0) is 16.7. The Morgan fingerprint density at radius 2 is 1.78 bits per heavy atom. The van der Waals surface area contributed by atoms with Crippen LogP contribution >= 0.6 is 11.6 Å². The number of benzene rings is 2. The summed E-state index contributed by atoms with van der Waals surface area (Å²) in [5, 5.41) is 3.48. The Kier molecular flexibility index (Phi) is 6.48. The van der Waals surface area contributed by atoms with E-state index in [-0.39, 0.29) is 11.8 Å². The number of halogens is 1. The van der Waals surface area contributed by atoms with Crippen LogP contribution in [0.2, 0.25) is 5.02 Å². The largest absolute Gasteiger partial charge is 0.479 e. The van der Waals surface area contributed by atoms with Gasteiger partial charge in [-0.3, -0.25) is 4.79 Å². The Hall–Kier alpha value is -2.00. The standard InChI is InChI=1S/C19H22ClNO2/c1-3-17(23-18-12-8-7-11-16(18)20)19(22)21-13-14(2)15-9-5-4-6-10-15/h4-12,14,17H,3,13H2,1-2H3,(H,21,22). The van der Waals surface area contributed by atoms with Gasteiger partial charge >= 0.3 is 0 Å². The van der Waals surface area contributed by atoms with E-state index in [1.165, 1.54) is 5.56 Å². The molecule has 0 aliphatic rings. The molecule has 0 aliphatic carbocycles. The maximum absolute atomic E-state index is 12.3. The van der Waals surface area contributed by atoms with E-state index >= 15 is 0 Å². The minimum Gasteiger partial charge on any atom is -0.479 e. The second-order valence-corrected chi connectivity index (χ2v) is 5.91. The Morgan fingerprint density at radius 3 is 2.43 bits per heavy atom. The van der Waals surface area contributed by atoms with Crippen LogP contribution in [0.1, 0.15) is 31.7 Å². The molecule has 2 atom stereocenters. The van der Waals surface area contributed by atoms with Gasteiger partial charge in [-0.05, 0) is 30.0 Å². The van der Waals surface area contributed by atoms with E-state index in [1.807, 2.05) is 37.3 Å². The Balaban J connectivity index is 1.91. The van der Waals surface area contributed by atoms with Crippen molar-refractivity contribution >= 4 is 17.5 Å². The van der Waals surface area contributed by atoms with Crippen molar-refractivity contribution in [1.82, 2.24) is 5.32 Å². The molecule has 1 amide bonds. The van der Waals surface area contributed by atoms with E-state index in [4.69, 9.17) is 16.3 Å². The number of para-hydroxylation sites is 1. The number of rotatable bonds is 7. The number of amides is 1. The Bertz CT molecular complexity index is 630. The molecule has 122 valence electrons. The fraction of sp³-hybridized carbons (Fsp3) is 0.316. The number of hydrogen-bond acceptors (Lipinski definition) is 2. The molecular formula is C19H22ClNO2. The Labute approximate surface area is 142 Å². The topological polar surface area (TPSA) is 38.3 Å². The third kappa shape index (κ3) is 5.00. The first-order chi connectivity index (χ1) is 11.1. The predicted molar refractivity (Wildman–Crippen MR) is 94.0 cm³/mol. The maximum atomic E-state index is 12.3. The van der Waals surface area contributed by atoms with Crippen molar-refractivity contribution in [1.29, 1.82) is 0 Å². The highest BCUT2D eigenvalue weighted by molar-refractivity contribution is 6.32. The monoisotopic (exact) mass is 331 g/mol. The van der Waals surface area contributed by atoms with Gasteiger partial charge in [-0.15, -0.1) is 0 Å². The lowest BCUT2D eigenvalue weighted by molar-refractivity contribution is -0.128. The van der Waals surface area contributed by atoms with Crippen molar-refractivity contribution in [2.45, 2.75) is 32.3 Å². The summed E-state index contributed by atoms with van der Waals surface area (Å²) in [6.45, 7) is 4.58. The normalized spacial score (nSPS) is 13.2. The molecule has 2 aromatic carbocycles. The van der Waals surface area contributed by atoms with Crippen LogP contribution in [0.15, 0.2) is 54.6 Å². The van der Waals surface area contributed by atoms with Crippen molar-refractivity contribution in [3.8, 4) is 5.75 Å². The lowest BCUT2D eigenvalue weighted by Gasteiger charge is -2.19. The summed E-state index contributed by atoms with van der Waals surface area (Å²) in [5.41, 5.74) is 1.20. The average Bonchev–Trinajstić information content (AvgIpc) is 2.59. The second-order valence-electron chi connectivity index (χ2n) is 5.50. The van der Waals surface area contributed by atoms with Gasteiger partial charge in [0, 0.05) is 6.54 Å². The molecule has 0 saturated heterocycles. The molecule has 3 nitrogen and oxygen atoms in total. The van der Waals surface area contributed by atoms with Gasteiger partial charge in [-0.2, -0.15) is 0 Å².